The highest BCUT2D eigenvalue weighted by Crippen LogP contribution is 2.18. The molecule has 3 N–H and O–H groups in total. The number of carboxylic acid groups (broad SMARTS) is 1. The fourth-order valence-electron chi connectivity index (χ4n) is 1.33. The summed E-state index contributed by atoms with van der Waals surface area (Å²) < 4.78 is 0. The van der Waals surface area contributed by atoms with Gasteiger partial charge in [0.15, 0.2) is 10.9 Å². The van der Waals surface area contributed by atoms with Gasteiger partial charge in [-0.1, -0.05) is 12.1 Å². The molecule has 5 nitrogen and oxygen atoms in total. The summed E-state index contributed by atoms with van der Waals surface area (Å²) in [6.45, 7) is 7.36. The Morgan fingerprint density at radius 1 is 1.40 bits per heavy atom. The molecule has 6 heteroatoms. The molecule has 0 saturated carbocycles. The lowest BCUT2D eigenvalue weighted by atomic mass is 9.94. The number of aliphatic carboxylic acids is 1. The maximum absolute atomic E-state index is 11.0. The third kappa shape index (κ3) is 4.70. The summed E-state index contributed by atoms with van der Waals surface area (Å²) in [5, 5.41) is 12.1. The molecule has 0 heterocycles. The summed E-state index contributed by atoms with van der Waals surface area (Å²) in [6.07, 6.45) is 0. The third-order valence-corrected chi connectivity index (χ3v) is 3.09. The van der Waals surface area contributed by atoms with E-state index in [1.54, 1.807) is 13.8 Å². The summed E-state index contributed by atoms with van der Waals surface area (Å²) in [4.78, 5) is 16.4. The van der Waals surface area contributed by atoms with Gasteiger partial charge in [0.2, 0.25) is 0 Å². The number of rotatable bonds is 5. The lowest BCUT2D eigenvalue weighted by molar-refractivity contribution is -0.146. The van der Waals surface area contributed by atoms with Gasteiger partial charge in [-0.05, 0) is 57.1 Å². The number of carboxylic acids is 1. The predicted octanol–water partition coefficient (Wildman–Crippen LogP) is 2.17. The fraction of sp³-hybridized carbons (Fsp3) is 0.429. The van der Waals surface area contributed by atoms with Gasteiger partial charge in [-0.25, -0.2) is 0 Å². The van der Waals surface area contributed by atoms with Crippen LogP contribution in [0.3, 0.4) is 0 Å². The van der Waals surface area contributed by atoms with Crippen molar-refractivity contribution in [2.45, 2.75) is 27.7 Å². The molecule has 0 spiro atoms. The van der Waals surface area contributed by atoms with Crippen LogP contribution in [0.15, 0.2) is 18.2 Å². The van der Waals surface area contributed by atoms with Crippen LogP contribution in [0, 0.1) is 19.3 Å². The Hall–Kier alpha value is -1.82. The molecule has 0 aromatic heterocycles. The molecule has 1 rings (SSSR count). The molecule has 110 valence electrons. The molecule has 0 aliphatic heterocycles. The lowest BCUT2D eigenvalue weighted by Crippen LogP contribution is -2.44. The van der Waals surface area contributed by atoms with Crippen molar-refractivity contribution in [1.82, 2.24) is 10.8 Å². The van der Waals surface area contributed by atoms with Crippen LogP contribution in [-0.4, -0.2) is 22.7 Å². The molecule has 0 fully saturated rings. The van der Waals surface area contributed by atoms with Crippen LogP contribution in [0.5, 0.6) is 5.75 Å². The van der Waals surface area contributed by atoms with Crippen LogP contribution in [-0.2, 0) is 4.79 Å². The summed E-state index contributed by atoms with van der Waals surface area (Å²) in [5.41, 5.74) is 3.77. The zero-order valence-corrected chi connectivity index (χ0v) is 12.9. The number of hydroxylamine groups is 1. The summed E-state index contributed by atoms with van der Waals surface area (Å²) in [6, 6.07) is 5.84. The minimum absolute atomic E-state index is 0.213. The van der Waals surface area contributed by atoms with Crippen LogP contribution in [0.2, 0.25) is 0 Å². The molecule has 0 aliphatic carbocycles. The standard InChI is InChI=1S/C14H20N2O3S/c1-9-5-6-10(2)11(7-9)19-16-13(20)15-8-14(3,4)12(17)18/h5-7H,8H2,1-4H3,(H,17,18)(H2,15,16,20). The van der Waals surface area contributed by atoms with Crippen molar-refractivity contribution in [3.63, 3.8) is 0 Å². The number of nitrogens with one attached hydrogen (secondary N) is 2. The molecule has 0 amide bonds. The van der Waals surface area contributed by atoms with Crippen LogP contribution < -0.4 is 15.6 Å². The maximum atomic E-state index is 11.0. The molecule has 0 unspecified atom stereocenters. The van der Waals surface area contributed by atoms with E-state index in [1.807, 2.05) is 32.0 Å². The van der Waals surface area contributed by atoms with E-state index < -0.39 is 11.4 Å². The second-order valence-electron chi connectivity index (χ2n) is 5.34. The molecule has 0 saturated heterocycles. The van der Waals surface area contributed by atoms with Gasteiger partial charge in [0.1, 0.15) is 0 Å². The Morgan fingerprint density at radius 2 is 2.05 bits per heavy atom. The van der Waals surface area contributed by atoms with Crippen LogP contribution >= 0.6 is 12.2 Å². The molecule has 1 aromatic rings. The second-order valence-corrected chi connectivity index (χ2v) is 5.75. The molecule has 20 heavy (non-hydrogen) atoms. The third-order valence-electron chi connectivity index (χ3n) is 2.87. The number of thiocarbonyl (C=S) groups is 1. The van der Waals surface area contributed by atoms with Gasteiger partial charge in [0.05, 0.1) is 5.41 Å². The molecular formula is C14H20N2O3S. The van der Waals surface area contributed by atoms with Crippen molar-refractivity contribution in [1.29, 1.82) is 0 Å². The average molecular weight is 296 g/mol. The second kappa shape index (κ2) is 6.56. The normalized spacial score (nSPS) is 10.8. The van der Waals surface area contributed by atoms with E-state index in [-0.39, 0.29) is 11.7 Å². The first-order valence-corrected chi connectivity index (χ1v) is 6.64. The first-order valence-electron chi connectivity index (χ1n) is 6.24. The zero-order chi connectivity index (χ0) is 15.3. The van der Waals surface area contributed by atoms with E-state index in [1.165, 1.54) is 0 Å². The van der Waals surface area contributed by atoms with Gasteiger partial charge in [0.25, 0.3) is 0 Å². The summed E-state index contributed by atoms with van der Waals surface area (Å²) in [5.74, 6) is -0.199. The number of benzene rings is 1. The largest absolute Gasteiger partial charge is 0.481 e. The van der Waals surface area contributed by atoms with Crippen molar-refractivity contribution in [2.24, 2.45) is 5.41 Å². The van der Waals surface area contributed by atoms with Gasteiger partial charge in [-0.2, -0.15) is 5.48 Å². The Morgan fingerprint density at radius 3 is 2.65 bits per heavy atom. The highest BCUT2D eigenvalue weighted by molar-refractivity contribution is 7.80. The fourth-order valence-corrected chi connectivity index (χ4v) is 1.45. The van der Waals surface area contributed by atoms with Crippen molar-refractivity contribution in [3.8, 4) is 5.75 Å². The molecule has 0 radical (unpaired) electrons. The summed E-state index contributed by atoms with van der Waals surface area (Å²) in [7, 11) is 0. The number of aryl methyl sites for hydroxylation is 2. The smallest absolute Gasteiger partial charge is 0.310 e. The highest BCUT2D eigenvalue weighted by atomic mass is 32.1. The monoisotopic (exact) mass is 296 g/mol. The SMILES string of the molecule is Cc1ccc(C)c(ONC(=S)NCC(C)(C)C(=O)O)c1. The van der Waals surface area contributed by atoms with E-state index >= 15 is 0 Å². The highest BCUT2D eigenvalue weighted by Gasteiger charge is 2.27. The van der Waals surface area contributed by atoms with Crippen LogP contribution in [0.1, 0.15) is 25.0 Å². The molecular weight excluding hydrogens is 276 g/mol. The molecule has 0 atom stereocenters. The summed E-state index contributed by atoms with van der Waals surface area (Å²) >= 11 is 5.04. The number of hydrogen-bond acceptors (Lipinski definition) is 3. The molecule has 0 aliphatic rings. The quantitative estimate of drug-likeness (QED) is 0.571. The lowest BCUT2D eigenvalue weighted by Gasteiger charge is -2.21. The van der Waals surface area contributed by atoms with E-state index in [2.05, 4.69) is 10.8 Å². The predicted molar refractivity (Wildman–Crippen MR) is 81.7 cm³/mol. The van der Waals surface area contributed by atoms with E-state index in [0.29, 0.717) is 5.75 Å². The van der Waals surface area contributed by atoms with Gasteiger partial charge in [-0.15, -0.1) is 0 Å². The Bertz CT molecular complexity index is 515. The van der Waals surface area contributed by atoms with Crippen molar-refractivity contribution >= 4 is 23.3 Å². The topological polar surface area (TPSA) is 70.6 Å². The van der Waals surface area contributed by atoms with E-state index in [4.69, 9.17) is 22.2 Å². The minimum Gasteiger partial charge on any atom is -0.481 e. The maximum Gasteiger partial charge on any atom is 0.310 e. The Balaban J connectivity index is 2.48. The minimum atomic E-state index is -0.898. The number of hydrogen-bond donors (Lipinski definition) is 3. The van der Waals surface area contributed by atoms with Gasteiger partial charge < -0.3 is 15.3 Å². The van der Waals surface area contributed by atoms with Gasteiger partial charge in [-0.3, -0.25) is 4.79 Å². The Kier molecular flexibility index (Phi) is 5.33. The van der Waals surface area contributed by atoms with Crippen molar-refractivity contribution in [2.75, 3.05) is 6.54 Å². The zero-order valence-electron chi connectivity index (χ0n) is 12.1. The van der Waals surface area contributed by atoms with Crippen molar-refractivity contribution < 1.29 is 14.7 Å². The van der Waals surface area contributed by atoms with Crippen LogP contribution in [0.25, 0.3) is 0 Å². The van der Waals surface area contributed by atoms with Gasteiger partial charge >= 0.3 is 5.97 Å². The number of carbonyl (C=O) groups is 1. The molecule has 1 aromatic carbocycles. The first kappa shape index (κ1) is 16.2. The van der Waals surface area contributed by atoms with Crippen LogP contribution in [0.4, 0.5) is 0 Å². The average Bonchev–Trinajstić information content (AvgIpc) is 2.37. The molecule has 0 bridgehead atoms. The van der Waals surface area contributed by atoms with E-state index in [0.717, 1.165) is 11.1 Å². The Labute approximate surface area is 124 Å². The van der Waals surface area contributed by atoms with Crippen molar-refractivity contribution in [3.05, 3.63) is 29.3 Å². The van der Waals surface area contributed by atoms with Gasteiger partial charge in [0, 0.05) is 6.54 Å². The van der Waals surface area contributed by atoms with E-state index in [9.17, 15) is 4.79 Å². The first-order chi connectivity index (χ1) is 9.22.